The van der Waals surface area contributed by atoms with Crippen LogP contribution in [0.25, 0.3) is 11.0 Å². The molecule has 1 N–H and O–H groups in total. The fraction of sp³-hybridized carbons (Fsp3) is 0.222. The number of fused-ring (bicyclic) bond motifs is 1. The minimum absolute atomic E-state index is 0.230. The maximum atomic E-state index is 13.6. The largest absolute Gasteiger partial charge is 0.492 e. The molecule has 1 heterocycles. The molecule has 34 heavy (non-hydrogen) atoms. The molecule has 1 aromatic heterocycles. The smallest absolute Gasteiger partial charge is 0.322 e. The number of aryl methyl sites for hydroxylation is 1. The van der Waals surface area contributed by atoms with Crippen molar-refractivity contribution >= 4 is 22.8 Å². The van der Waals surface area contributed by atoms with E-state index in [0.717, 1.165) is 11.1 Å². The first kappa shape index (κ1) is 23.0. The van der Waals surface area contributed by atoms with Crippen molar-refractivity contribution < 1.29 is 9.53 Å². The van der Waals surface area contributed by atoms with Gasteiger partial charge in [-0.2, -0.15) is 0 Å². The molecule has 0 aliphatic heterocycles. The van der Waals surface area contributed by atoms with Gasteiger partial charge in [-0.05, 0) is 43.7 Å². The van der Waals surface area contributed by atoms with Crippen LogP contribution in [0.4, 0.5) is 10.5 Å². The minimum atomic E-state index is -0.581. The number of hydrogen-bond acceptors (Lipinski definition) is 4. The highest BCUT2D eigenvalue weighted by atomic mass is 16.5. The lowest BCUT2D eigenvalue weighted by Gasteiger charge is -2.29. The lowest BCUT2D eigenvalue weighted by Crippen LogP contribution is -2.40. The molecule has 4 rings (SSSR count). The van der Waals surface area contributed by atoms with Crippen molar-refractivity contribution in [1.29, 1.82) is 0 Å². The van der Waals surface area contributed by atoms with Gasteiger partial charge in [-0.25, -0.2) is 9.78 Å². The van der Waals surface area contributed by atoms with Gasteiger partial charge in [0.05, 0.1) is 29.4 Å². The zero-order valence-electron chi connectivity index (χ0n) is 19.6. The van der Waals surface area contributed by atoms with E-state index < -0.39 is 6.04 Å². The molecule has 0 aliphatic rings. The number of nitrogens with one attached hydrogen (secondary N) is 1. The summed E-state index contributed by atoms with van der Waals surface area (Å²) in [6.45, 7) is 4.51. The van der Waals surface area contributed by atoms with Crippen LogP contribution in [0.1, 0.15) is 31.1 Å². The predicted molar refractivity (Wildman–Crippen MR) is 134 cm³/mol. The molecule has 0 bridgehead atoms. The van der Waals surface area contributed by atoms with Crippen LogP contribution in [-0.4, -0.2) is 27.1 Å². The normalized spacial score (nSPS) is 11.7. The average molecular weight is 457 g/mol. The first-order valence-electron chi connectivity index (χ1n) is 11.3. The molecule has 0 spiro atoms. The molecule has 0 fully saturated rings. The summed E-state index contributed by atoms with van der Waals surface area (Å²) < 4.78 is 7.25. The quantitative estimate of drug-likeness (QED) is 0.418. The topological polar surface area (TPSA) is 76.5 Å². The van der Waals surface area contributed by atoms with Gasteiger partial charge in [0.25, 0.3) is 5.56 Å². The van der Waals surface area contributed by atoms with Crippen molar-refractivity contribution in [3.05, 3.63) is 100 Å². The maximum Gasteiger partial charge on any atom is 0.322 e. The van der Waals surface area contributed by atoms with E-state index in [-0.39, 0.29) is 11.6 Å². The number of aromatic nitrogens is 2. The third-order valence-corrected chi connectivity index (χ3v) is 5.76. The third kappa shape index (κ3) is 4.78. The van der Waals surface area contributed by atoms with Crippen molar-refractivity contribution in [2.24, 2.45) is 7.05 Å². The summed E-state index contributed by atoms with van der Waals surface area (Å²) in [4.78, 5) is 33.1. The predicted octanol–water partition coefficient (Wildman–Crippen LogP) is 5.13. The van der Waals surface area contributed by atoms with Crippen LogP contribution >= 0.6 is 0 Å². The first-order valence-corrected chi connectivity index (χ1v) is 11.3. The summed E-state index contributed by atoms with van der Waals surface area (Å²) in [5, 5.41) is 2.96. The monoisotopic (exact) mass is 456 g/mol. The van der Waals surface area contributed by atoms with Crippen LogP contribution < -0.4 is 15.6 Å². The summed E-state index contributed by atoms with van der Waals surface area (Å²) in [6.07, 6.45) is 0. The van der Waals surface area contributed by atoms with Crippen LogP contribution in [0.3, 0.4) is 0 Å². The summed E-state index contributed by atoms with van der Waals surface area (Å²) >= 11 is 0. The van der Waals surface area contributed by atoms with Gasteiger partial charge in [-0.1, -0.05) is 54.6 Å². The van der Waals surface area contributed by atoms with Crippen LogP contribution in [0.5, 0.6) is 5.75 Å². The number of rotatable bonds is 7. The minimum Gasteiger partial charge on any atom is -0.492 e. The molecule has 3 aromatic carbocycles. The summed E-state index contributed by atoms with van der Waals surface area (Å²) in [5.74, 6) is 0.588. The van der Waals surface area contributed by atoms with E-state index in [1.807, 2.05) is 86.6 Å². The maximum absolute atomic E-state index is 13.6. The van der Waals surface area contributed by atoms with E-state index in [0.29, 0.717) is 35.8 Å². The molecule has 2 amide bonds. The number of carbonyl (C=O) groups excluding carboxylic acids is 1. The number of carbonyl (C=O) groups is 1. The second-order valence-corrected chi connectivity index (χ2v) is 8.00. The highest BCUT2D eigenvalue weighted by molar-refractivity contribution is 5.91. The number of anilines is 1. The molecule has 0 radical (unpaired) electrons. The third-order valence-electron chi connectivity index (χ3n) is 5.76. The highest BCUT2D eigenvalue weighted by Gasteiger charge is 2.27. The standard InChI is InChI=1S/C27H28N4O3/c1-4-34-24-17-11-9-15-22(24)29-27(33)31(18-20-12-6-5-7-13-20)19(2)25-26(32)30(3)23-16-10-8-14-21(23)28-25/h5-17,19H,4,18H2,1-3H3,(H,29,33). The Bertz CT molecular complexity index is 1350. The number of hydrogen-bond donors (Lipinski definition) is 1. The summed E-state index contributed by atoms with van der Waals surface area (Å²) in [5.41, 5.74) is 3.04. The first-order chi connectivity index (χ1) is 16.5. The molecule has 1 unspecified atom stereocenters. The lowest BCUT2D eigenvalue weighted by molar-refractivity contribution is 0.187. The number of para-hydroxylation sites is 4. The Hall–Kier alpha value is -4.13. The second kappa shape index (κ2) is 10.2. The summed E-state index contributed by atoms with van der Waals surface area (Å²) in [6, 6.07) is 23.5. The Morgan fingerprint density at radius 1 is 1.03 bits per heavy atom. The molecule has 0 saturated carbocycles. The number of ether oxygens (including phenoxy) is 1. The van der Waals surface area contributed by atoms with Crippen molar-refractivity contribution in [2.45, 2.75) is 26.4 Å². The van der Waals surface area contributed by atoms with Gasteiger partial charge in [-0.15, -0.1) is 0 Å². The van der Waals surface area contributed by atoms with Crippen LogP contribution in [0.2, 0.25) is 0 Å². The van der Waals surface area contributed by atoms with E-state index in [2.05, 4.69) is 10.3 Å². The van der Waals surface area contributed by atoms with Gasteiger partial charge in [-0.3, -0.25) is 4.79 Å². The van der Waals surface area contributed by atoms with Crippen LogP contribution in [-0.2, 0) is 13.6 Å². The molecule has 0 saturated heterocycles. The Labute approximate surface area is 198 Å². The van der Waals surface area contributed by atoms with Crippen molar-refractivity contribution in [3.63, 3.8) is 0 Å². The van der Waals surface area contributed by atoms with Crippen LogP contribution in [0, 0.1) is 0 Å². The molecule has 7 heteroatoms. The Morgan fingerprint density at radius 2 is 1.71 bits per heavy atom. The van der Waals surface area contributed by atoms with Crippen molar-refractivity contribution in [2.75, 3.05) is 11.9 Å². The number of benzene rings is 3. The van der Waals surface area contributed by atoms with Gasteiger partial charge < -0.3 is 19.5 Å². The Balaban J connectivity index is 1.73. The molecule has 7 nitrogen and oxygen atoms in total. The van der Waals surface area contributed by atoms with E-state index in [9.17, 15) is 9.59 Å². The summed E-state index contributed by atoms with van der Waals surface area (Å²) in [7, 11) is 1.72. The van der Waals surface area contributed by atoms with E-state index in [4.69, 9.17) is 4.74 Å². The molecular weight excluding hydrogens is 428 g/mol. The van der Waals surface area contributed by atoms with Gasteiger partial charge >= 0.3 is 6.03 Å². The van der Waals surface area contributed by atoms with Crippen LogP contribution in [0.15, 0.2) is 83.7 Å². The molecule has 0 aliphatic carbocycles. The van der Waals surface area contributed by atoms with Gasteiger partial charge in [0, 0.05) is 13.6 Å². The molecule has 1 atom stereocenters. The van der Waals surface area contributed by atoms with Gasteiger partial charge in [0.15, 0.2) is 0 Å². The van der Waals surface area contributed by atoms with Crippen molar-refractivity contribution in [3.8, 4) is 5.75 Å². The second-order valence-electron chi connectivity index (χ2n) is 8.00. The number of urea groups is 1. The Morgan fingerprint density at radius 3 is 2.47 bits per heavy atom. The average Bonchev–Trinajstić information content (AvgIpc) is 2.86. The number of nitrogens with zero attached hydrogens (tertiary/aromatic N) is 3. The zero-order chi connectivity index (χ0) is 24.1. The van der Waals surface area contributed by atoms with E-state index in [1.165, 1.54) is 0 Å². The van der Waals surface area contributed by atoms with Gasteiger partial charge in [0.2, 0.25) is 0 Å². The van der Waals surface area contributed by atoms with E-state index in [1.54, 1.807) is 22.6 Å². The SMILES string of the molecule is CCOc1ccccc1NC(=O)N(Cc1ccccc1)C(C)c1nc2ccccc2n(C)c1=O. The fourth-order valence-corrected chi connectivity index (χ4v) is 3.92. The Kier molecular flexibility index (Phi) is 6.92. The highest BCUT2D eigenvalue weighted by Crippen LogP contribution is 2.27. The van der Waals surface area contributed by atoms with Gasteiger partial charge in [0.1, 0.15) is 11.4 Å². The van der Waals surface area contributed by atoms with E-state index >= 15 is 0 Å². The molecular formula is C27H28N4O3. The molecule has 174 valence electrons. The number of amides is 2. The zero-order valence-corrected chi connectivity index (χ0v) is 19.6. The molecule has 4 aromatic rings. The lowest BCUT2D eigenvalue weighted by atomic mass is 10.1. The van der Waals surface area contributed by atoms with Crippen molar-refractivity contribution in [1.82, 2.24) is 14.5 Å². The fourth-order valence-electron chi connectivity index (χ4n) is 3.92.